The van der Waals surface area contributed by atoms with Crippen LogP contribution in [0.2, 0.25) is 0 Å². The van der Waals surface area contributed by atoms with Crippen LogP contribution in [0.25, 0.3) is 0 Å². The summed E-state index contributed by atoms with van der Waals surface area (Å²) in [4.78, 5) is 10.8. The second-order valence-corrected chi connectivity index (χ2v) is 5.74. The molecule has 0 rings (SSSR count). The molecule has 0 aromatic heterocycles. The van der Waals surface area contributed by atoms with Crippen molar-refractivity contribution in [3.8, 4) is 0 Å². The summed E-state index contributed by atoms with van der Waals surface area (Å²) < 4.78 is 22.2. The normalized spacial score (nSPS) is 11.3. The maximum atomic E-state index is 11.1. The molecular weight excluding hydrogens is 216 g/mol. The second-order valence-electron chi connectivity index (χ2n) is 3.26. The molecular formula is C9H20N2O3S. The Kier molecular flexibility index (Phi) is 7.33. The number of amides is 1. The van der Waals surface area contributed by atoms with Crippen LogP contribution in [0.15, 0.2) is 0 Å². The smallest absolute Gasteiger partial charge is 0.219 e. The third-order valence-corrected chi connectivity index (χ3v) is 3.77. The van der Waals surface area contributed by atoms with Gasteiger partial charge in [-0.1, -0.05) is 6.92 Å². The van der Waals surface area contributed by atoms with Gasteiger partial charge in [-0.25, -0.2) is 8.42 Å². The van der Waals surface area contributed by atoms with Crippen LogP contribution in [-0.4, -0.2) is 46.0 Å². The van der Waals surface area contributed by atoms with Gasteiger partial charge < -0.3 is 10.6 Å². The third kappa shape index (κ3) is 8.38. The first-order valence-electron chi connectivity index (χ1n) is 5.13. The van der Waals surface area contributed by atoms with E-state index in [0.29, 0.717) is 19.5 Å². The van der Waals surface area contributed by atoms with Crippen LogP contribution in [0.1, 0.15) is 19.8 Å². The summed E-state index contributed by atoms with van der Waals surface area (Å²) in [5.74, 6) is 0.370. The number of hydrogen-bond donors (Lipinski definition) is 2. The van der Waals surface area contributed by atoms with E-state index in [4.69, 9.17) is 0 Å². The lowest BCUT2D eigenvalue weighted by atomic mass is 10.3. The van der Waals surface area contributed by atoms with Crippen LogP contribution >= 0.6 is 0 Å². The van der Waals surface area contributed by atoms with Crippen molar-refractivity contribution in [3.05, 3.63) is 0 Å². The molecule has 0 unspecified atom stereocenters. The monoisotopic (exact) mass is 236 g/mol. The molecule has 0 aliphatic heterocycles. The number of sulfone groups is 1. The number of hydrogen-bond acceptors (Lipinski definition) is 4. The van der Waals surface area contributed by atoms with Crippen LogP contribution < -0.4 is 10.6 Å². The zero-order valence-corrected chi connectivity index (χ0v) is 10.2. The Morgan fingerprint density at radius 1 is 1.27 bits per heavy atom. The molecule has 0 spiro atoms. The summed E-state index contributed by atoms with van der Waals surface area (Å²) >= 11 is 0. The first-order chi connectivity index (χ1) is 7.02. The van der Waals surface area contributed by atoms with Gasteiger partial charge >= 0.3 is 0 Å². The minimum atomic E-state index is -2.87. The Bertz CT molecular complexity index is 275. The van der Waals surface area contributed by atoms with Gasteiger partial charge in [-0.05, 0) is 13.0 Å². The van der Waals surface area contributed by atoms with Crippen LogP contribution in [0.3, 0.4) is 0 Å². The predicted molar refractivity (Wildman–Crippen MR) is 60.5 cm³/mol. The van der Waals surface area contributed by atoms with Gasteiger partial charge in [0, 0.05) is 25.8 Å². The maximum Gasteiger partial charge on any atom is 0.219 e. The molecule has 90 valence electrons. The van der Waals surface area contributed by atoms with Crippen molar-refractivity contribution < 1.29 is 13.2 Å². The molecule has 0 saturated carbocycles. The Balaban J connectivity index is 3.37. The van der Waals surface area contributed by atoms with Gasteiger partial charge in [-0.2, -0.15) is 0 Å². The van der Waals surface area contributed by atoms with E-state index in [-0.39, 0.29) is 17.4 Å². The molecule has 0 heterocycles. The highest BCUT2D eigenvalue weighted by molar-refractivity contribution is 7.91. The topological polar surface area (TPSA) is 75.3 Å². The summed E-state index contributed by atoms with van der Waals surface area (Å²) in [6, 6.07) is 0. The minimum absolute atomic E-state index is 0.0120. The fourth-order valence-electron chi connectivity index (χ4n) is 0.996. The Morgan fingerprint density at radius 3 is 2.47 bits per heavy atom. The molecule has 1 amide bonds. The number of carbonyl (C=O) groups is 1. The van der Waals surface area contributed by atoms with Crippen LogP contribution in [0, 0.1) is 0 Å². The molecule has 5 nitrogen and oxygen atoms in total. The van der Waals surface area contributed by atoms with E-state index in [1.807, 2.05) is 0 Å². The molecule has 0 aliphatic rings. The third-order valence-electron chi connectivity index (χ3n) is 2.07. The van der Waals surface area contributed by atoms with Crippen molar-refractivity contribution in [2.75, 3.05) is 31.6 Å². The number of nitrogens with one attached hydrogen (secondary N) is 2. The predicted octanol–water partition coefficient (Wildman–Crippen LogP) is -0.463. The highest BCUT2D eigenvalue weighted by atomic mass is 32.2. The van der Waals surface area contributed by atoms with Gasteiger partial charge in [0.1, 0.15) is 0 Å². The molecule has 0 saturated heterocycles. The Morgan fingerprint density at radius 2 is 1.93 bits per heavy atom. The maximum absolute atomic E-state index is 11.1. The van der Waals surface area contributed by atoms with E-state index in [9.17, 15) is 13.2 Å². The van der Waals surface area contributed by atoms with Crippen molar-refractivity contribution >= 4 is 15.7 Å². The lowest BCUT2D eigenvalue weighted by Gasteiger charge is -2.04. The summed E-state index contributed by atoms with van der Waals surface area (Å²) in [6.45, 7) is 2.78. The number of carbonyl (C=O) groups excluding carboxylic acids is 1. The molecule has 0 bridgehead atoms. The Labute approximate surface area is 91.5 Å². The van der Waals surface area contributed by atoms with Gasteiger partial charge in [-0.3, -0.25) is 4.79 Å². The van der Waals surface area contributed by atoms with E-state index in [1.165, 1.54) is 0 Å². The summed E-state index contributed by atoms with van der Waals surface area (Å²) in [7, 11) is -1.27. The fourth-order valence-corrected chi connectivity index (χ4v) is 1.74. The van der Waals surface area contributed by atoms with Crippen molar-refractivity contribution in [1.29, 1.82) is 0 Å². The van der Waals surface area contributed by atoms with Crippen molar-refractivity contribution in [3.63, 3.8) is 0 Å². The van der Waals surface area contributed by atoms with Gasteiger partial charge in [0.05, 0.1) is 5.75 Å². The molecule has 15 heavy (non-hydrogen) atoms. The molecule has 0 aliphatic carbocycles. The molecule has 0 aromatic rings. The molecule has 0 fully saturated rings. The zero-order chi connectivity index (χ0) is 11.7. The standard InChI is InChI=1S/C9H20N2O3S/c1-3-15(13,14)8-7-11-6-4-5-9(12)10-2/h11H,3-8H2,1-2H3,(H,10,12). The minimum Gasteiger partial charge on any atom is -0.359 e. The molecule has 0 radical (unpaired) electrons. The van der Waals surface area contributed by atoms with Crippen LogP contribution in [0.4, 0.5) is 0 Å². The van der Waals surface area contributed by atoms with Gasteiger partial charge in [0.2, 0.25) is 5.91 Å². The average molecular weight is 236 g/mol. The van der Waals surface area contributed by atoms with E-state index in [0.717, 1.165) is 6.42 Å². The van der Waals surface area contributed by atoms with E-state index < -0.39 is 9.84 Å². The molecule has 6 heteroatoms. The molecule has 2 N–H and O–H groups in total. The SMILES string of the molecule is CCS(=O)(=O)CCNCCCC(=O)NC. The first-order valence-corrected chi connectivity index (χ1v) is 6.95. The summed E-state index contributed by atoms with van der Waals surface area (Å²) in [5, 5.41) is 5.52. The van der Waals surface area contributed by atoms with Crippen LogP contribution in [-0.2, 0) is 14.6 Å². The van der Waals surface area contributed by atoms with Crippen LogP contribution in [0.5, 0.6) is 0 Å². The Hall–Kier alpha value is -0.620. The molecule has 0 atom stereocenters. The van der Waals surface area contributed by atoms with Gasteiger partial charge in [0.15, 0.2) is 9.84 Å². The second kappa shape index (κ2) is 7.64. The fraction of sp³-hybridized carbons (Fsp3) is 0.889. The van der Waals surface area contributed by atoms with E-state index in [2.05, 4.69) is 10.6 Å². The summed E-state index contributed by atoms with van der Waals surface area (Å²) in [6.07, 6.45) is 1.20. The number of rotatable bonds is 8. The average Bonchev–Trinajstić information content (AvgIpc) is 2.22. The van der Waals surface area contributed by atoms with E-state index >= 15 is 0 Å². The lowest BCUT2D eigenvalue weighted by Crippen LogP contribution is -2.26. The largest absolute Gasteiger partial charge is 0.359 e. The highest BCUT2D eigenvalue weighted by Gasteiger charge is 2.05. The molecule has 0 aromatic carbocycles. The highest BCUT2D eigenvalue weighted by Crippen LogP contribution is 1.89. The lowest BCUT2D eigenvalue weighted by molar-refractivity contribution is -0.120. The van der Waals surface area contributed by atoms with Crippen molar-refractivity contribution in [1.82, 2.24) is 10.6 Å². The zero-order valence-electron chi connectivity index (χ0n) is 9.38. The van der Waals surface area contributed by atoms with E-state index in [1.54, 1.807) is 14.0 Å². The quantitative estimate of drug-likeness (QED) is 0.559. The van der Waals surface area contributed by atoms with Gasteiger partial charge in [-0.15, -0.1) is 0 Å². The first kappa shape index (κ1) is 14.4. The van der Waals surface area contributed by atoms with Crippen molar-refractivity contribution in [2.45, 2.75) is 19.8 Å². The van der Waals surface area contributed by atoms with Crippen molar-refractivity contribution in [2.24, 2.45) is 0 Å². The van der Waals surface area contributed by atoms with Gasteiger partial charge in [0.25, 0.3) is 0 Å². The summed E-state index contributed by atoms with van der Waals surface area (Å²) in [5.41, 5.74) is 0.